The molecule has 0 spiro atoms. The van der Waals surface area contributed by atoms with Gasteiger partial charge in [-0.1, -0.05) is 13.3 Å². The van der Waals surface area contributed by atoms with Crippen LogP contribution in [0.4, 0.5) is 0 Å². The largest absolute Gasteiger partial charge is 0.312 e. The third-order valence-electron chi connectivity index (χ3n) is 4.12. The van der Waals surface area contributed by atoms with Gasteiger partial charge in [0.2, 0.25) is 0 Å². The molecule has 2 aliphatic rings. The summed E-state index contributed by atoms with van der Waals surface area (Å²) >= 11 is 0. The maximum atomic E-state index is 3.77. The predicted octanol–water partition coefficient (Wildman–Crippen LogP) is 2.11. The molecule has 1 saturated carbocycles. The predicted molar refractivity (Wildman–Crippen MR) is 65.0 cm³/mol. The molecule has 0 bridgehead atoms. The van der Waals surface area contributed by atoms with Crippen molar-refractivity contribution in [3.63, 3.8) is 0 Å². The molecule has 2 heteroatoms. The summed E-state index contributed by atoms with van der Waals surface area (Å²) in [6, 6.07) is 0.764. The van der Waals surface area contributed by atoms with E-state index in [4.69, 9.17) is 0 Å². The van der Waals surface area contributed by atoms with E-state index < -0.39 is 0 Å². The molecule has 0 aromatic carbocycles. The van der Waals surface area contributed by atoms with Crippen LogP contribution < -0.4 is 5.32 Å². The molecule has 0 radical (unpaired) electrons. The quantitative estimate of drug-likeness (QED) is 0.767. The Morgan fingerprint density at radius 2 is 2.13 bits per heavy atom. The average molecular weight is 210 g/mol. The molecule has 2 fully saturated rings. The highest BCUT2D eigenvalue weighted by atomic mass is 15.1. The van der Waals surface area contributed by atoms with Gasteiger partial charge in [0.25, 0.3) is 0 Å². The van der Waals surface area contributed by atoms with Gasteiger partial charge in [-0.15, -0.1) is 0 Å². The molecule has 0 aromatic rings. The minimum absolute atomic E-state index is 0.764. The summed E-state index contributed by atoms with van der Waals surface area (Å²) in [5.74, 6) is 1.94. The second-order valence-corrected chi connectivity index (χ2v) is 5.79. The van der Waals surface area contributed by atoms with Gasteiger partial charge in [-0.05, 0) is 57.7 Å². The van der Waals surface area contributed by atoms with Gasteiger partial charge in [0, 0.05) is 12.6 Å². The number of piperidine rings is 1. The fraction of sp³-hybridized carbons (Fsp3) is 1.00. The number of rotatable bonds is 3. The topological polar surface area (TPSA) is 15.3 Å². The second-order valence-electron chi connectivity index (χ2n) is 5.79. The number of hydrogen-bond acceptors (Lipinski definition) is 2. The zero-order valence-corrected chi connectivity index (χ0v) is 10.3. The Balaban J connectivity index is 1.64. The fourth-order valence-electron chi connectivity index (χ4n) is 3.18. The van der Waals surface area contributed by atoms with Gasteiger partial charge in [0.15, 0.2) is 0 Å². The number of nitrogens with zero attached hydrogens (tertiary/aromatic N) is 1. The van der Waals surface area contributed by atoms with Gasteiger partial charge >= 0.3 is 0 Å². The molecule has 88 valence electrons. The summed E-state index contributed by atoms with van der Waals surface area (Å²) in [6.45, 7) is 6.21. The standard InChI is InChI=1S/C13H26N2/c1-11-5-6-12(8-11)9-14-13-4-3-7-15(2)10-13/h11-14H,3-10H2,1-2H3. The monoisotopic (exact) mass is 210 g/mol. The maximum absolute atomic E-state index is 3.77. The Morgan fingerprint density at radius 1 is 1.27 bits per heavy atom. The van der Waals surface area contributed by atoms with Crippen LogP contribution in [0.1, 0.15) is 39.0 Å². The SMILES string of the molecule is CC1CCC(CNC2CCCN(C)C2)C1. The molecule has 1 aliphatic carbocycles. The van der Waals surface area contributed by atoms with Crippen molar-refractivity contribution in [3.8, 4) is 0 Å². The first-order chi connectivity index (χ1) is 7.24. The Hall–Kier alpha value is -0.0800. The lowest BCUT2D eigenvalue weighted by atomic mass is 10.0. The van der Waals surface area contributed by atoms with Crippen molar-refractivity contribution in [2.75, 3.05) is 26.7 Å². The Kier molecular flexibility index (Phi) is 4.04. The number of likely N-dealkylation sites (N-methyl/N-ethyl adjacent to an activating group) is 1. The van der Waals surface area contributed by atoms with Crippen LogP contribution in [0, 0.1) is 11.8 Å². The summed E-state index contributed by atoms with van der Waals surface area (Å²) in [6.07, 6.45) is 7.12. The highest BCUT2D eigenvalue weighted by Gasteiger charge is 2.23. The van der Waals surface area contributed by atoms with Crippen LogP contribution in [-0.2, 0) is 0 Å². The van der Waals surface area contributed by atoms with Gasteiger partial charge < -0.3 is 10.2 Å². The molecule has 2 rings (SSSR count). The van der Waals surface area contributed by atoms with Crippen LogP contribution >= 0.6 is 0 Å². The van der Waals surface area contributed by atoms with Crippen LogP contribution in [0.3, 0.4) is 0 Å². The Morgan fingerprint density at radius 3 is 2.80 bits per heavy atom. The summed E-state index contributed by atoms with van der Waals surface area (Å²) < 4.78 is 0. The Bertz CT molecular complexity index is 193. The van der Waals surface area contributed by atoms with E-state index in [1.165, 1.54) is 51.7 Å². The van der Waals surface area contributed by atoms with Gasteiger partial charge in [-0.25, -0.2) is 0 Å². The third-order valence-corrected chi connectivity index (χ3v) is 4.12. The summed E-state index contributed by atoms with van der Waals surface area (Å²) in [5, 5.41) is 3.77. The number of likely N-dealkylation sites (tertiary alicyclic amines) is 1. The van der Waals surface area contributed by atoms with E-state index in [1.807, 2.05) is 0 Å². The van der Waals surface area contributed by atoms with E-state index in [0.717, 1.165) is 17.9 Å². The molecular formula is C13H26N2. The van der Waals surface area contributed by atoms with E-state index in [-0.39, 0.29) is 0 Å². The normalized spacial score (nSPS) is 38.4. The molecule has 15 heavy (non-hydrogen) atoms. The van der Waals surface area contributed by atoms with E-state index in [1.54, 1.807) is 0 Å². The summed E-state index contributed by atoms with van der Waals surface area (Å²) in [7, 11) is 2.24. The molecule has 1 N–H and O–H groups in total. The highest BCUT2D eigenvalue weighted by molar-refractivity contribution is 4.80. The summed E-state index contributed by atoms with van der Waals surface area (Å²) in [4.78, 5) is 2.46. The first-order valence-corrected chi connectivity index (χ1v) is 6.66. The third kappa shape index (κ3) is 3.46. The molecule has 0 amide bonds. The molecular weight excluding hydrogens is 184 g/mol. The molecule has 1 heterocycles. The summed E-state index contributed by atoms with van der Waals surface area (Å²) in [5.41, 5.74) is 0. The van der Waals surface area contributed by atoms with E-state index in [0.29, 0.717) is 0 Å². The van der Waals surface area contributed by atoms with Crippen LogP contribution in [0.5, 0.6) is 0 Å². The molecule has 1 aliphatic heterocycles. The van der Waals surface area contributed by atoms with Gasteiger partial charge in [0.1, 0.15) is 0 Å². The smallest absolute Gasteiger partial charge is 0.0195 e. The minimum Gasteiger partial charge on any atom is -0.312 e. The molecule has 2 nitrogen and oxygen atoms in total. The first-order valence-electron chi connectivity index (χ1n) is 6.66. The van der Waals surface area contributed by atoms with Crippen molar-refractivity contribution in [1.82, 2.24) is 10.2 Å². The molecule has 0 aromatic heterocycles. The van der Waals surface area contributed by atoms with Crippen molar-refractivity contribution in [2.24, 2.45) is 11.8 Å². The minimum atomic E-state index is 0.764. The lowest BCUT2D eigenvalue weighted by Crippen LogP contribution is -2.45. The number of nitrogens with one attached hydrogen (secondary N) is 1. The zero-order valence-electron chi connectivity index (χ0n) is 10.3. The molecule has 1 saturated heterocycles. The van der Waals surface area contributed by atoms with Crippen molar-refractivity contribution in [3.05, 3.63) is 0 Å². The zero-order chi connectivity index (χ0) is 10.7. The van der Waals surface area contributed by atoms with E-state index in [2.05, 4.69) is 24.2 Å². The maximum Gasteiger partial charge on any atom is 0.0195 e. The second kappa shape index (κ2) is 5.31. The van der Waals surface area contributed by atoms with Crippen LogP contribution in [0.15, 0.2) is 0 Å². The van der Waals surface area contributed by atoms with Gasteiger partial charge in [-0.3, -0.25) is 0 Å². The molecule has 3 atom stereocenters. The highest BCUT2D eigenvalue weighted by Crippen LogP contribution is 2.29. The lowest BCUT2D eigenvalue weighted by molar-refractivity contribution is 0.222. The van der Waals surface area contributed by atoms with Gasteiger partial charge in [0.05, 0.1) is 0 Å². The van der Waals surface area contributed by atoms with E-state index >= 15 is 0 Å². The number of hydrogen-bond donors (Lipinski definition) is 1. The van der Waals surface area contributed by atoms with Crippen molar-refractivity contribution in [1.29, 1.82) is 0 Å². The van der Waals surface area contributed by atoms with Crippen molar-refractivity contribution in [2.45, 2.75) is 45.1 Å². The molecule has 3 unspecified atom stereocenters. The first kappa shape index (κ1) is 11.4. The van der Waals surface area contributed by atoms with E-state index in [9.17, 15) is 0 Å². The van der Waals surface area contributed by atoms with Crippen LogP contribution in [-0.4, -0.2) is 37.6 Å². The fourth-order valence-corrected chi connectivity index (χ4v) is 3.18. The van der Waals surface area contributed by atoms with Gasteiger partial charge in [-0.2, -0.15) is 0 Å². The lowest BCUT2D eigenvalue weighted by Gasteiger charge is -2.31. The Labute approximate surface area is 94.4 Å². The van der Waals surface area contributed by atoms with Crippen molar-refractivity contribution < 1.29 is 0 Å². The van der Waals surface area contributed by atoms with Crippen LogP contribution in [0.2, 0.25) is 0 Å². The van der Waals surface area contributed by atoms with Crippen molar-refractivity contribution >= 4 is 0 Å². The van der Waals surface area contributed by atoms with Crippen LogP contribution in [0.25, 0.3) is 0 Å². The average Bonchev–Trinajstić information content (AvgIpc) is 2.62.